The Morgan fingerprint density at radius 1 is 1.32 bits per heavy atom. The van der Waals surface area contributed by atoms with E-state index < -0.39 is 5.91 Å². The number of ether oxygens (including phenoxy) is 1. The van der Waals surface area contributed by atoms with Crippen molar-refractivity contribution in [2.45, 2.75) is 13.8 Å². The monoisotopic (exact) mass is 295 g/mol. The number of aryl methyl sites for hydroxylation is 1. The first kappa shape index (κ1) is 15.4. The van der Waals surface area contributed by atoms with E-state index >= 15 is 0 Å². The van der Waals surface area contributed by atoms with Gasteiger partial charge in [0, 0.05) is 17.1 Å². The van der Waals surface area contributed by atoms with Gasteiger partial charge in [0.15, 0.2) is 0 Å². The molecule has 2 aromatic rings. The van der Waals surface area contributed by atoms with E-state index in [1.807, 2.05) is 54.8 Å². The number of hydrogen-bond acceptors (Lipinski definition) is 3. The molecule has 0 saturated heterocycles. The summed E-state index contributed by atoms with van der Waals surface area (Å²) in [4.78, 5) is 11.2. The number of aromatic nitrogens is 1. The number of amides is 1. The maximum atomic E-state index is 11.2. The maximum absolute atomic E-state index is 11.2. The number of rotatable bonds is 4. The minimum absolute atomic E-state index is 0.0602. The average molecular weight is 295 g/mol. The van der Waals surface area contributed by atoms with Crippen LogP contribution in [-0.4, -0.2) is 17.6 Å². The summed E-state index contributed by atoms with van der Waals surface area (Å²) >= 11 is 0. The molecule has 0 saturated carbocycles. The largest absolute Gasteiger partial charge is 0.497 e. The lowest BCUT2D eigenvalue weighted by Gasteiger charge is -2.10. The van der Waals surface area contributed by atoms with Crippen molar-refractivity contribution in [3.8, 4) is 17.5 Å². The summed E-state index contributed by atoms with van der Waals surface area (Å²) in [5.74, 6) is 0.0589. The minimum atomic E-state index is -0.725. The van der Waals surface area contributed by atoms with Crippen molar-refractivity contribution in [2.75, 3.05) is 7.11 Å². The number of primary amides is 1. The normalized spacial score (nSPS) is 11.1. The van der Waals surface area contributed by atoms with E-state index in [9.17, 15) is 4.79 Å². The van der Waals surface area contributed by atoms with Crippen LogP contribution in [0.5, 0.6) is 5.75 Å². The third-order valence-electron chi connectivity index (χ3n) is 3.49. The first-order valence-electron chi connectivity index (χ1n) is 6.73. The van der Waals surface area contributed by atoms with Crippen molar-refractivity contribution in [3.63, 3.8) is 0 Å². The highest BCUT2D eigenvalue weighted by Gasteiger charge is 2.12. The average Bonchev–Trinajstić information content (AvgIpc) is 2.78. The number of carbonyl (C=O) groups excluding carboxylic acids is 1. The summed E-state index contributed by atoms with van der Waals surface area (Å²) < 4.78 is 7.20. The number of carbonyl (C=O) groups is 1. The Kier molecular flexibility index (Phi) is 4.33. The van der Waals surface area contributed by atoms with Crippen molar-refractivity contribution < 1.29 is 9.53 Å². The van der Waals surface area contributed by atoms with E-state index in [0.29, 0.717) is 0 Å². The lowest BCUT2D eigenvalue weighted by atomic mass is 10.1. The van der Waals surface area contributed by atoms with E-state index in [1.54, 1.807) is 7.11 Å². The van der Waals surface area contributed by atoms with Crippen LogP contribution in [0.4, 0.5) is 0 Å². The van der Waals surface area contributed by atoms with Gasteiger partial charge in [0.1, 0.15) is 17.4 Å². The molecule has 2 rings (SSSR count). The van der Waals surface area contributed by atoms with Gasteiger partial charge in [0.25, 0.3) is 5.91 Å². The van der Waals surface area contributed by atoms with Crippen LogP contribution >= 0.6 is 0 Å². The zero-order valence-corrected chi connectivity index (χ0v) is 12.8. The van der Waals surface area contributed by atoms with Crippen LogP contribution in [0.2, 0.25) is 0 Å². The standard InChI is InChI=1S/C17H17N3O2/c1-11-8-13(9-14(10-18)17(19)21)12(2)20(11)15-4-6-16(22-3)7-5-15/h4-9H,1-3H3,(H2,19,21)/b14-9-. The predicted octanol–water partition coefficient (Wildman–Crippen LogP) is 2.50. The molecular weight excluding hydrogens is 278 g/mol. The van der Waals surface area contributed by atoms with Gasteiger partial charge in [-0.05, 0) is 55.8 Å². The lowest BCUT2D eigenvalue weighted by Crippen LogP contribution is -2.12. The van der Waals surface area contributed by atoms with E-state index in [0.717, 1.165) is 28.4 Å². The fourth-order valence-electron chi connectivity index (χ4n) is 2.38. The highest BCUT2D eigenvalue weighted by atomic mass is 16.5. The second kappa shape index (κ2) is 6.19. The van der Waals surface area contributed by atoms with Gasteiger partial charge in [0.05, 0.1) is 7.11 Å². The summed E-state index contributed by atoms with van der Waals surface area (Å²) in [7, 11) is 1.62. The topological polar surface area (TPSA) is 81.0 Å². The van der Waals surface area contributed by atoms with Crippen LogP contribution in [0.25, 0.3) is 11.8 Å². The zero-order chi connectivity index (χ0) is 16.3. The van der Waals surface area contributed by atoms with Crippen LogP contribution in [0.1, 0.15) is 17.0 Å². The van der Waals surface area contributed by atoms with Gasteiger partial charge in [-0.25, -0.2) is 0 Å². The summed E-state index contributed by atoms with van der Waals surface area (Å²) in [5.41, 5.74) is 8.82. The van der Waals surface area contributed by atoms with Crippen LogP contribution in [0, 0.1) is 25.2 Å². The third kappa shape index (κ3) is 2.86. The Balaban J connectivity index is 2.51. The number of benzene rings is 1. The zero-order valence-electron chi connectivity index (χ0n) is 12.8. The molecule has 2 N–H and O–H groups in total. The van der Waals surface area contributed by atoms with Gasteiger partial charge in [0.2, 0.25) is 0 Å². The van der Waals surface area contributed by atoms with Crippen molar-refractivity contribution in [2.24, 2.45) is 5.73 Å². The molecule has 0 radical (unpaired) electrons. The summed E-state index contributed by atoms with van der Waals surface area (Å²) in [5, 5.41) is 8.96. The minimum Gasteiger partial charge on any atom is -0.497 e. The number of nitriles is 1. The van der Waals surface area contributed by atoms with Gasteiger partial charge in [-0.1, -0.05) is 0 Å². The van der Waals surface area contributed by atoms with Crippen molar-refractivity contribution in [1.82, 2.24) is 4.57 Å². The van der Waals surface area contributed by atoms with Gasteiger partial charge in [-0.3, -0.25) is 4.79 Å². The molecule has 1 aromatic carbocycles. The molecule has 0 unspecified atom stereocenters. The Hall–Kier alpha value is -3.00. The van der Waals surface area contributed by atoms with E-state index in [1.165, 1.54) is 6.08 Å². The first-order chi connectivity index (χ1) is 10.5. The van der Waals surface area contributed by atoms with Crippen LogP contribution in [-0.2, 0) is 4.79 Å². The quantitative estimate of drug-likeness (QED) is 0.695. The molecular formula is C17H17N3O2. The van der Waals surface area contributed by atoms with Gasteiger partial charge < -0.3 is 15.0 Å². The molecule has 112 valence electrons. The van der Waals surface area contributed by atoms with Crippen LogP contribution < -0.4 is 10.5 Å². The Morgan fingerprint density at radius 3 is 2.45 bits per heavy atom. The molecule has 0 atom stereocenters. The third-order valence-corrected chi connectivity index (χ3v) is 3.49. The fraction of sp³-hybridized carbons (Fsp3) is 0.176. The molecule has 0 aliphatic rings. The van der Waals surface area contributed by atoms with Crippen molar-refractivity contribution >= 4 is 12.0 Å². The second-order valence-electron chi connectivity index (χ2n) is 4.89. The predicted molar refractivity (Wildman–Crippen MR) is 84.6 cm³/mol. The highest BCUT2D eigenvalue weighted by molar-refractivity contribution is 6.00. The van der Waals surface area contributed by atoms with Gasteiger partial charge >= 0.3 is 0 Å². The molecule has 5 nitrogen and oxygen atoms in total. The Labute approximate surface area is 129 Å². The van der Waals surface area contributed by atoms with Crippen molar-refractivity contribution in [1.29, 1.82) is 5.26 Å². The number of nitrogens with two attached hydrogens (primary N) is 1. The lowest BCUT2D eigenvalue weighted by molar-refractivity contribution is -0.114. The first-order valence-corrected chi connectivity index (χ1v) is 6.73. The van der Waals surface area contributed by atoms with Gasteiger partial charge in [-0.2, -0.15) is 5.26 Å². The number of hydrogen-bond donors (Lipinski definition) is 1. The SMILES string of the molecule is COc1ccc(-n2c(C)cc(/C=C(/C#N)C(N)=O)c2C)cc1. The van der Waals surface area contributed by atoms with Crippen molar-refractivity contribution in [3.05, 3.63) is 52.9 Å². The molecule has 0 bridgehead atoms. The summed E-state index contributed by atoms with van der Waals surface area (Å²) in [6.07, 6.45) is 1.52. The maximum Gasteiger partial charge on any atom is 0.259 e. The Morgan fingerprint density at radius 2 is 1.95 bits per heavy atom. The molecule has 1 heterocycles. The van der Waals surface area contributed by atoms with Crippen LogP contribution in [0.3, 0.4) is 0 Å². The highest BCUT2D eigenvalue weighted by Crippen LogP contribution is 2.24. The molecule has 1 amide bonds. The number of nitrogens with zero attached hydrogens (tertiary/aromatic N) is 2. The molecule has 22 heavy (non-hydrogen) atoms. The second-order valence-corrected chi connectivity index (χ2v) is 4.89. The molecule has 1 aromatic heterocycles. The molecule has 0 fully saturated rings. The number of methoxy groups -OCH3 is 1. The van der Waals surface area contributed by atoms with E-state index in [4.69, 9.17) is 15.7 Å². The molecule has 0 aliphatic heterocycles. The molecule has 0 aliphatic carbocycles. The van der Waals surface area contributed by atoms with E-state index in [-0.39, 0.29) is 5.57 Å². The molecule has 0 spiro atoms. The fourth-order valence-corrected chi connectivity index (χ4v) is 2.38. The summed E-state index contributed by atoms with van der Waals surface area (Å²) in [6, 6.07) is 11.4. The van der Waals surface area contributed by atoms with E-state index in [2.05, 4.69) is 0 Å². The molecule has 5 heteroatoms. The smallest absolute Gasteiger partial charge is 0.259 e. The summed E-state index contributed by atoms with van der Waals surface area (Å²) in [6.45, 7) is 3.89. The van der Waals surface area contributed by atoms with Gasteiger partial charge in [-0.15, -0.1) is 0 Å². The van der Waals surface area contributed by atoms with Crippen LogP contribution in [0.15, 0.2) is 35.9 Å². The Bertz CT molecular complexity index is 777.